The second-order valence-electron chi connectivity index (χ2n) is 4.58. The van der Waals surface area contributed by atoms with Gasteiger partial charge in [-0.3, -0.25) is 0 Å². The zero-order chi connectivity index (χ0) is 13.8. The first kappa shape index (κ1) is 14.9. The standard InChI is InChI=1S/C14H21FO3/c1-4-14(17,5-2)9-18-13-7-6-11(15)8-12(13)10(3)16/h6-8,10,16-17H,4-5,9H2,1-3H3/t10-/m0/s1. The molecule has 0 unspecified atom stereocenters. The van der Waals surface area contributed by atoms with E-state index in [1.165, 1.54) is 18.2 Å². The van der Waals surface area contributed by atoms with Gasteiger partial charge in [0.15, 0.2) is 0 Å². The Bertz CT molecular complexity index is 387. The van der Waals surface area contributed by atoms with Crippen molar-refractivity contribution in [3.63, 3.8) is 0 Å². The molecule has 3 nitrogen and oxygen atoms in total. The maximum absolute atomic E-state index is 13.1. The minimum absolute atomic E-state index is 0.130. The first-order valence-electron chi connectivity index (χ1n) is 6.24. The lowest BCUT2D eigenvalue weighted by Crippen LogP contribution is -2.34. The molecule has 102 valence electrons. The van der Waals surface area contributed by atoms with Gasteiger partial charge in [0.25, 0.3) is 0 Å². The Morgan fingerprint density at radius 3 is 2.44 bits per heavy atom. The quantitative estimate of drug-likeness (QED) is 0.822. The van der Waals surface area contributed by atoms with E-state index >= 15 is 0 Å². The monoisotopic (exact) mass is 256 g/mol. The van der Waals surface area contributed by atoms with Gasteiger partial charge in [0.2, 0.25) is 0 Å². The lowest BCUT2D eigenvalue weighted by atomic mass is 9.99. The second-order valence-corrected chi connectivity index (χ2v) is 4.58. The van der Waals surface area contributed by atoms with Crippen molar-refractivity contribution in [1.82, 2.24) is 0 Å². The van der Waals surface area contributed by atoms with Gasteiger partial charge >= 0.3 is 0 Å². The van der Waals surface area contributed by atoms with Crippen LogP contribution in [-0.4, -0.2) is 22.4 Å². The Hall–Kier alpha value is -1.13. The number of rotatable bonds is 6. The van der Waals surface area contributed by atoms with Crippen LogP contribution in [0.1, 0.15) is 45.3 Å². The highest BCUT2D eigenvalue weighted by molar-refractivity contribution is 5.35. The molecule has 0 saturated heterocycles. The number of halogens is 1. The summed E-state index contributed by atoms with van der Waals surface area (Å²) in [5.41, 5.74) is -0.491. The molecular weight excluding hydrogens is 235 g/mol. The van der Waals surface area contributed by atoms with Crippen LogP contribution in [0.4, 0.5) is 4.39 Å². The molecule has 1 aromatic rings. The molecule has 0 amide bonds. The maximum Gasteiger partial charge on any atom is 0.125 e. The SMILES string of the molecule is CCC(O)(CC)COc1ccc(F)cc1[C@H](C)O. The fourth-order valence-electron chi connectivity index (χ4n) is 1.64. The van der Waals surface area contributed by atoms with E-state index in [9.17, 15) is 14.6 Å². The molecule has 4 heteroatoms. The van der Waals surface area contributed by atoms with Gasteiger partial charge in [-0.15, -0.1) is 0 Å². The Balaban J connectivity index is 2.85. The molecule has 0 bridgehead atoms. The van der Waals surface area contributed by atoms with Gasteiger partial charge in [-0.2, -0.15) is 0 Å². The summed E-state index contributed by atoms with van der Waals surface area (Å²) in [5.74, 6) is -0.00813. The summed E-state index contributed by atoms with van der Waals surface area (Å²) in [6, 6.07) is 4.00. The van der Waals surface area contributed by atoms with Crippen molar-refractivity contribution in [2.45, 2.75) is 45.3 Å². The van der Waals surface area contributed by atoms with Crippen LogP contribution in [0, 0.1) is 5.82 Å². The zero-order valence-electron chi connectivity index (χ0n) is 11.1. The molecule has 0 saturated carbocycles. The van der Waals surface area contributed by atoms with Crippen molar-refractivity contribution >= 4 is 0 Å². The van der Waals surface area contributed by atoms with E-state index in [-0.39, 0.29) is 6.61 Å². The van der Waals surface area contributed by atoms with E-state index in [0.29, 0.717) is 24.2 Å². The first-order valence-corrected chi connectivity index (χ1v) is 6.24. The maximum atomic E-state index is 13.1. The van der Waals surface area contributed by atoms with Crippen molar-refractivity contribution in [2.24, 2.45) is 0 Å². The predicted octanol–water partition coefficient (Wildman–Crippen LogP) is 2.81. The molecule has 0 aromatic heterocycles. The van der Waals surface area contributed by atoms with Gasteiger partial charge < -0.3 is 14.9 Å². The lowest BCUT2D eigenvalue weighted by Gasteiger charge is -2.26. The van der Waals surface area contributed by atoms with Crippen LogP contribution in [0.25, 0.3) is 0 Å². The van der Waals surface area contributed by atoms with Crippen molar-refractivity contribution in [2.75, 3.05) is 6.61 Å². The third-order valence-corrected chi connectivity index (χ3v) is 3.23. The van der Waals surface area contributed by atoms with Gasteiger partial charge in [0.1, 0.15) is 18.2 Å². The number of aliphatic hydroxyl groups is 2. The molecule has 0 aliphatic carbocycles. The van der Waals surface area contributed by atoms with Crippen LogP contribution < -0.4 is 4.74 Å². The molecule has 1 rings (SSSR count). The Kier molecular flexibility index (Phi) is 5.11. The average Bonchev–Trinajstić information content (AvgIpc) is 2.36. The smallest absolute Gasteiger partial charge is 0.125 e. The molecule has 1 aromatic carbocycles. The van der Waals surface area contributed by atoms with E-state index in [0.717, 1.165) is 0 Å². The molecule has 1 atom stereocenters. The van der Waals surface area contributed by atoms with E-state index in [2.05, 4.69) is 0 Å². The first-order chi connectivity index (χ1) is 8.41. The highest BCUT2D eigenvalue weighted by Gasteiger charge is 2.24. The normalized spacial score (nSPS) is 13.4. The third-order valence-electron chi connectivity index (χ3n) is 3.23. The zero-order valence-corrected chi connectivity index (χ0v) is 11.1. The number of benzene rings is 1. The second kappa shape index (κ2) is 6.16. The van der Waals surface area contributed by atoms with E-state index in [1.54, 1.807) is 6.92 Å². The van der Waals surface area contributed by atoms with Crippen LogP contribution in [0.3, 0.4) is 0 Å². The van der Waals surface area contributed by atoms with Crippen LogP contribution in [0.5, 0.6) is 5.75 Å². The lowest BCUT2D eigenvalue weighted by molar-refractivity contribution is -0.0121. The number of aliphatic hydroxyl groups excluding tert-OH is 1. The molecule has 0 heterocycles. The molecule has 0 radical (unpaired) electrons. The largest absolute Gasteiger partial charge is 0.490 e. The van der Waals surface area contributed by atoms with Gasteiger partial charge in [-0.25, -0.2) is 4.39 Å². The van der Waals surface area contributed by atoms with Crippen molar-refractivity contribution in [3.05, 3.63) is 29.6 Å². The van der Waals surface area contributed by atoms with Crippen LogP contribution in [-0.2, 0) is 0 Å². The van der Waals surface area contributed by atoms with Crippen LogP contribution in [0.2, 0.25) is 0 Å². The summed E-state index contributed by atoms with van der Waals surface area (Å²) in [6.07, 6.45) is 0.343. The van der Waals surface area contributed by atoms with Gasteiger partial charge in [-0.1, -0.05) is 13.8 Å². The topological polar surface area (TPSA) is 49.7 Å². The van der Waals surface area contributed by atoms with E-state index in [4.69, 9.17) is 4.74 Å². The minimum Gasteiger partial charge on any atom is -0.490 e. The van der Waals surface area contributed by atoms with E-state index < -0.39 is 17.5 Å². The van der Waals surface area contributed by atoms with E-state index in [1.807, 2.05) is 13.8 Å². The highest BCUT2D eigenvalue weighted by Crippen LogP contribution is 2.27. The Morgan fingerprint density at radius 1 is 1.33 bits per heavy atom. The summed E-state index contributed by atoms with van der Waals surface area (Å²) in [5, 5.41) is 19.7. The van der Waals surface area contributed by atoms with Gasteiger partial charge in [0, 0.05) is 5.56 Å². The summed E-state index contributed by atoms with van der Waals surface area (Å²) < 4.78 is 18.6. The summed E-state index contributed by atoms with van der Waals surface area (Å²) in [7, 11) is 0. The van der Waals surface area contributed by atoms with Gasteiger partial charge in [0.05, 0.1) is 11.7 Å². The molecular formula is C14H21FO3. The Morgan fingerprint density at radius 2 is 1.94 bits per heavy atom. The Labute approximate surface area is 107 Å². The number of hydrogen-bond acceptors (Lipinski definition) is 3. The summed E-state index contributed by atoms with van der Waals surface area (Å²) >= 11 is 0. The molecule has 2 N–H and O–H groups in total. The fourth-order valence-corrected chi connectivity index (χ4v) is 1.64. The van der Waals surface area contributed by atoms with Gasteiger partial charge in [-0.05, 0) is 38.0 Å². The van der Waals surface area contributed by atoms with Crippen molar-refractivity contribution in [3.8, 4) is 5.75 Å². The number of hydrogen-bond donors (Lipinski definition) is 2. The highest BCUT2D eigenvalue weighted by atomic mass is 19.1. The number of ether oxygens (including phenoxy) is 1. The van der Waals surface area contributed by atoms with Crippen molar-refractivity contribution < 1.29 is 19.3 Å². The molecule has 0 aliphatic heterocycles. The van der Waals surface area contributed by atoms with Crippen LogP contribution >= 0.6 is 0 Å². The molecule has 0 spiro atoms. The molecule has 0 aliphatic rings. The predicted molar refractivity (Wildman–Crippen MR) is 68.1 cm³/mol. The average molecular weight is 256 g/mol. The molecule has 0 fully saturated rings. The van der Waals surface area contributed by atoms with Crippen LogP contribution in [0.15, 0.2) is 18.2 Å². The summed E-state index contributed by atoms with van der Waals surface area (Å²) in [6.45, 7) is 5.44. The molecule has 18 heavy (non-hydrogen) atoms. The fraction of sp³-hybridized carbons (Fsp3) is 0.571. The third kappa shape index (κ3) is 3.68. The summed E-state index contributed by atoms with van der Waals surface area (Å²) in [4.78, 5) is 0. The van der Waals surface area contributed by atoms with Crippen molar-refractivity contribution in [1.29, 1.82) is 0 Å². The minimum atomic E-state index is -0.885.